The number of hydrogen-bond acceptors (Lipinski definition) is 4. The number of nitrogens with one attached hydrogen (secondary N) is 1. The van der Waals surface area contributed by atoms with Gasteiger partial charge in [0, 0.05) is 17.2 Å². The number of nitrogens with zero attached hydrogens (tertiary/aromatic N) is 2. The minimum atomic E-state index is -0.374. The SMILES string of the molecule is CCOC(=O)CC(C)(C)c1ccc(C(=O)Nc2cn3cc(C)ccc3n2)cc1. The number of benzene rings is 1. The molecule has 2 heterocycles. The number of pyridine rings is 1. The second kappa shape index (κ2) is 7.84. The van der Waals surface area contributed by atoms with E-state index in [0.29, 0.717) is 18.0 Å². The summed E-state index contributed by atoms with van der Waals surface area (Å²) in [6.45, 7) is 8.14. The minimum absolute atomic E-state index is 0.226. The lowest BCUT2D eigenvalue weighted by Gasteiger charge is -2.24. The van der Waals surface area contributed by atoms with E-state index in [1.807, 2.05) is 55.6 Å². The molecular weight excluding hydrogens is 354 g/mol. The highest BCUT2D eigenvalue weighted by molar-refractivity contribution is 6.03. The molecule has 0 aliphatic rings. The number of esters is 1. The maximum Gasteiger partial charge on any atom is 0.306 e. The predicted molar refractivity (Wildman–Crippen MR) is 109 cm³/mol. The van der Waals surface area contributed by atoms with Crippen LogP contribution in [-0.4, -0.2) is 27.9 Å². The first kappa shape index (κ1) is 19.6. The van der Waals surface area contributed by atoms with Crippen molar-refractivity contribution in [3.05, 3.63) is 65.5 Å². The quantitative estimate of drug-likeness (QED) is 0.654. The van der Waals surface area contributed by atoms with Crippen molar-refractivity contribution in [2.75, 3.05) is 11.9 Å². The lowest BCUT2D eigenvalue weighted by molar-refractivity contribution is -0.144. The average molecular weight is 379 g/mol. The van der Waals surface area contributed by atoms with E-state index in [-0.39, 0.29) is 23.7 Å². The molecule has 1 N–H and O–H groups in total. The molecule has 0 atom stereocenters. The van der Waals surface area contributed by atoms with Crippen LogP contribution in [0.3, 0.4) is 0 Å². The van der Waals surface area contributed by atoms with Crippen molar-refractivity contribution >= 4 is 23.3 Å². The van der Waals surface area contributed by atoms with Crippen molar-refractivity contribution < 1.29 is 14.3 Å². The van der Waals surface area contributed by atoms with Crippen molar-refractivity contribution in [2.45, 2.75) is 39.5 Å². The minimum Gasteiger partial charge on any atom is -0.466 e. The Labute approximate surface area is 164 Å². The largest absolute Gasteiger partial charge is 0.466 e. The number of ether oxygens (including phenoxy) is 1. The monoisotopic (exact) mass is 379 g/mol. The van der Waals surface area contributed by atoms with E-state index in [1.54, 1.807) is 25.3 Å². The van der Waals surface area contributed by atoms with Crippen LogP contribution in [0.25, 0.3) is 5.65 Å². The van der Waals surface area contributed by atoms with Crippen LogP contribution >= 0.6 is 0 Å². The van der Waals surface area contributed by atoms with Crippen LogP contribution in [0.1, 0.15) is 48.7 Å². The van der Waals surface area contributed by atoms with Crippen LogP contribution in [0.2, 0.25) is 0 Å². The van der Waals surface area contributed by atoms with Gasteiger partial charge in [0.15, 0.2) is 5.82 Å². The molecule has 3 aromatic rings. The van der Waals surface area contributed by atoms with Gasteiger partial charge in [-0.3, -0.25) is 9.59 Å². The number of aryl methyl sites for hydroxylation is 1. The molecule has 0 bridgehead atoms. The lowest BCUT2D eigenvalue weighted by atomic mass is 9.81. The van der Waals surface area contributed by atoms with E-state index in [1.165, 1.54) is 0 Å². The van der Waals surface area contributed by atoms with Crippen molar-refractivity contribution in [3.8, 4) is 0 Å². The van der Waals surface area contributed by atoms with Crippen molar-refractivity contribution in [1.29, 1.82) is 0 Å². The van der Waals surface area contributed by atoms with Gasteiger partial charge in [-0.05, 0) is 43.2 Å². The van der Waals surface area contributed by atoms with E-state index >= 15 is 0 Å². The van der Waals surface area contributed by atoms with Gasteiger partial charge >= 0.3 is 5.97 Å². The molecule has 28 heavy (non-hydrogen) atoms. The fourth-order valence-corrected chi connectivity index (χ4v) is 3.10. The molecule has 0 aliphatic carbocycles. The Hall–Kier alpha value is -3.15. The highest BCUT2D eigenvalue weighted by atomic mass is 16.5. The maximum absolute atomic E-state index is 12.5. The highest BCUT2D eigenvalue weighted by Gasteiger charge is 2.25. The third kappa shape index (κ3) is 4.39. The molecule has 1 aromatic carbocycles. The summed E-state index contributed by atoms with van der Waals surface area (Å²) in [6.07, 6.45) is 4.03. The third-order valence-electron chi connectivity index (χ3n) is 4.66. The standard InChI is InChI=1S/C22H25N3O3/c1-5-28-20(26)12-22(3,4)17-9-7-16(8-10-17)21(27)24-18-14-25-13-15(2)6-11-19(25)23-18/h6-11,13-14H,5,12H2,1-4H3,(H,24,27). The van der Waals surface area contributed by atoms with Crippen LogP contribution in [0, 0.1) is 6.92 Å². The average Bonchev–Trinajstić information content (AvgIpc) is 3.02. The van der Waals surface area contributed by atoms with Crippen LogP contribution in [0.5, 0.6) is 0 Å². The molecule has 0 saturated heterocycles. The number of rotatable bonds is 6. The molecule has 6 nitrogen and oxygen atoms in total. The molecule has 0 spiro atoms. The van der Waals surface area contributed by atoms with Crippen molar-refractivity contribution in [1.82, 2.24) is 9.38 Å². The van der Waals surface area contributed by atoms with Gasteiger partial charge in [-0.2, -0.15) is 0 Å². The molecule has 0 fully saturated rings. The summed E-state index contributed by atoms with van der Waals surface area (Å²) in [4.78, 5) is 28.8. The molecule has 0 radical (unpaired) electrons. The second-order valence-electron chi connectivity index (χ2n) is 7.50. The number of fused-ring (bicyclic) bond motifs is 1. The number of aromatic nitrogens is 2. The summed E-state index contributed by atoms with van der Waals surface area (Å²) >= 11 is 0. The van der Waals surface area contributed by atoms with Gasteiger partial charge in [0.05, 0.1) is 19.2 Å². The smallest absolute Gasteiger partial charge is 0.306 e. The summed E-state index contributed by atoms with van der Waals surface area (Å²) in [6, 6.07) is 11.2. The molecule has 0 aliphatic heterocycles. The fraction of sp³-hybridized carbons (Fsp3) is 0.318. The van der Waals surface area contributed by atoms with Gasteiger partial charge < -0.3 is 14.5 Å². The summed E-state index contributed by atoms with van der Waals surface area (Å²) < 4.78 is 6.93. The van der Waals surface area contributed by atoms with Gasteiger partial charge in [0.1, 0.15) is 5.65 Å². The number of carbonyl (C=O) groups is 2. The Balaban J connectivity index is 1.71. The number of carbonyl (C=O) groups excluding carboxylic acids is 2. The Kier molecular flexibility index (Phi) is 5.49. The zero-order valence-electron chi connectivity index (χ0n) is 16.7. The van der Waals surface area contributed by atoms with Gasteiger partial charge in [-0.1, -0.05) is 32.0 Å². The van der Waals surface area contributed by atoms with Crippen LogP contribution in [-0.2, 0) is 14.9 Å². The first-order chi connectivity index (χ1) is 13.3. The van der Waals surface area contributed by atoms with E-state index in [9.17, 15) is 9.59 Å². The topological polar surface area (TPSA) is 72.7 Å². The van der Waals surface area contributed by atoms with Gasteiger partial charge in [-0.15, -0.1) is 0 Å². The molecule has 146 valence electrons. The van der Waals surface area contributed by atoms with Crippen LogP contribution in [0.4, 0.5) is 5.82 Å². The van der Waals surface area contributed by atoms with E-state index < -0.39 is 0 Å². The molecule has 0 saturated carbocycles. The predicted octanol–water partition coefficient (Wildman–Crippen LogP) is 4.13. The summed E-state index contributed by atoms with van der Waals surface area (Å²) in [5, 5.41) is 2.83. The molecule has 6 heteroatoms. The number of anilines is 1. The molecule has 0 unspecified atom stereocenters. The van der Waals surface area contributed by atoms with Gasteiger partial charge in [-0.25, -0.2) is 4.98 Å². The van der Waals surface area contributed by atoms with Crippen molar-refractivity contribution in [2.24, 2.45) is 0 Å². The van der Waals surface area contributed by atoms with Crippen LogP contribution < -0.4 is 5.32 Å². The summed E-state index contributed by atoms with van der Waals surface area (Å²) in [7, 11) is 0. The van der Waals surface area contributed by atoms with E-state index in [4.69, 9.17) is 4.74 Å². The van der Waals surface area contributed by atoms with Gasteiger partial charge in [0.2, 0.25) is 0 Å². The van der Waals surface area contributed by atoms with Crippen molar-refractivity contribution in [3.63, 3.8) is 0 Å². The Bertz CT molecular complexity index is 1000. The normalized spacial score (nSPS) is 11.4. The number of imidazole rings is 1. The lowest BCUT2D eigenvalue weighted by Crippen LogP contribution is -2.23. The van der Waals surface area contributed by atoms with Crippen LogP contribution in [0.15, 0.2) is 48.8 Å². The first-order valence-corrected chi connectivity index (χ1v) is 9.31. The zero-order chi connectivity index (χ0) is 20.3. The Morgan fingerprint density at radius 1 is 1.11 bits per heavy atom. The molecular formula is C22H25N3O3. The summed E-state index contributed by atoms with van der Waals surface area (Å²) in [5.74, 6) is 0.0496. The van der Waals surface area contributed by atoms with Gasteiger partial charge in [0.25, 0.3) is 5.91 Å². The molecule has 2 aromatic heterocycles. The summed E-state index contributed by atoms with van der Waals surface area (Å²) in [5.41, 5.74) is 3.02. The number of hydrogen-bond donors (Lipinski definition) is 1. The fourth-order valence-electron chi connectivity index (χ4n) is 3.10. The molecule has 1 amide bonds. The Morgan fingerprint density at radius 2 is 1.82 bits per heavy atom. The Morgan fingerprint density at radius 3 is 2.50 bits per heavy atom. The highest BCUT2D eigenvalue weighted by Crippen LogP contribution is 2.28. The third-order valence-corrected chi connectivity index (χ3v) is 4.66. The maximum atomic E-state index is 12.5. The number of amides is 1. The van der Waals surface area contributed by atoms with E-state index in [0.717, 1.165) is 16.8 Å². The van der Waals surface area contributed by atoms with E-state index in [2.05, 4.69) is 10.3 Å². The second-order valence-corrected chi connectivity index (χ2v) is 7.50. The zero-order valence-corrected chi connectivity index (χ0v) is 16.7. The molecule has 3 rings (SSSR count). The first-order valence-electron chi connectivity index (χ1n) is 9.31.